The molecule has 0 spiro atoms. The lowest BCUT2D eigenvalue weighted by Crippen LogP contribution is -2.47. The minimum atomic E-state index is 0.231. The average molecular weight is 256 g/mol. The van der Waals surface area contributed by atoms with Gasteiger partial charge < -0.3 is 10.6 Å². The molecule has 1 amide bonds. The Morgan fingerprint density at radius 2 is 2.18 bits per heavy atom. The van der Waals surface area contributed by atoms with Crippen LogP contribution in [0.3, 0.4) is 0 Å². The van der Waals surface area contributed by atoms with Gasteiger partial charge >= 0.3 is 0 Å². The van der Waals surface area contributed by atoms with Gasteiger partial charge in [-0.05, 0) is 50.8 Å². The molecule has 3 nitrogen and oxygen atoms in total. The van der Waals surface area contributed by atoms with Gasteiger partial charge in [0.2, 0.25) is 5.91 Å². The fourth-order valence-corrected chi connectivity index (χ4v) is 4.44. The first-order chi connectivity index (χ1) is 8.27. The zero-order chi connectivity index (χ0) is 12.3. The van der Waals surface area contributed by atoms with Crippen molar-refractivity contribution in [3.8, 4) is 0 Å². The molecule has 2 fully saturated rings. The summed E-state index contributed by atoms with van der Waals surface area (Å²) in [7, 11) is 0. The molecule has 17 heavy (non-hydrogen) atoms. The van der Waals surface area contributed by atoms with Crippen LogP contribution in [0.25, 0.3) is 0 Å². The van der Waals surface area contributed by atoms with E-state index < -0.39 is 0 Å². The van der Waals surface area contributed by atoms with E-state index >= 15 is 0 Å². The van der Waals surface area contributed by atoms with Crippen molar-refractivity contribution in [1.29, 1.82) is 0 Å². The molecule has 4 heteroatoms. The minimum Gasteiger partial charge on any atom is -0.339 e. The highest BCUT2D eigenvalue weighted by atomic mass is 32.2. The Bertz CT molecular complexity index is 266. The van der Waals surface area contributed by atoms with E-state index in [0.29, 0.717) is 17.9 Å². The van der Waals surface area contributed by atoms with Crippen LogP contribution in [-0.4, -0.2) is 40.9 Å². The first kappa shape index (κ1) is 13.2. The molecular formula is C13H24N2OS. The predicted octanol–water partition coefficient (Wildman–Crippen LogP) is 1.86. The first-order valence-corrected chi connectivity index (χ1v) is 7.95. The van der Waals surface area contributed by atoms with Gasteiger partial charge in [0.25, 0.3) is 0 Å². The van der Waals surface area contributed by atoms with Gasteiger partial charge in [-0.25, -0.2) is 0 Å². The summed E-state index contributed by atoms with van der Waals surface area (Å²) in [5.41, 5.74) is 5.83. The van der Waals surface area contributed by atoms with Gasteiger partial charge in [-0.1, -0.05) is 6.42 Å². The van der Waals surface area contributed by atoms with Crippen molar-refractivity contribution in [2.45, 2.75) is 50.3 Å². The summed E-state index contributed by atoms with van der Waals surface area (Å²) in [6.07, 6.45) is 5.85. The lowest BCUT2D eigenvalue weighted by Gasteiger charge is -2.33. The number of thioether (sulfide) groups is 1. The van der Waals surface area contributed by atoms with Crippen molar-refractivity contribution < 1.29 is 4.79 Å². The molecule has 2 rings (SSSR count). The second-order valence-electron chi connectivity index (χ2n) is 5.12. The molecule has 2 N–H and O–H groups in total. The van der Waals surface area contributed by atoms with Crippen LogP contribution in [0.4, 0.5) is 0 Å². The number of hydrogen-bond acceptors (Lipinski definition) is 3. The van der Waals surface area contributed by atoms with E-state index in [1.807, 2.05) is 11.8 Å². The van der Waals surface area contributed by atoms with E-state index in [4.69, 9.17) is 5.73 Å². The smallest absolute Gasteiger partial charge is 0.235 e. The second kappa shape index (κ2) is 6.10. The molecule has 3 atom stereocenters. The second-order valence-corrected chi connectivity index (χ2v) is 6.43. The molecule has 1 aliphatic carbocycles. The number of nitrogens with two attached hydrogens (primary N) is 1. The highest BCUT2D eigenvalue weighted by Crippen LogP contribution is 2.33. The number of rotatable bonds is 4. The third-order valence-corrected chi connectivity index (χ3v) is 5.52. The fourth-order valence-electron chi connectivity index (χ4n) is 3.21. The van der Waals surface area contributed by atoms with Gasteiger partial charge in [0.1, 0.15) is 0 Å². The average Bonchev–Trinajstić information content (AvgIpc) is 3.01. The van der Waals surface area contributed by atoms with Crippen molar-refractivity contribution in [3.05, 3.63) is 0 Å². The monoisotopic (exact) mass is 256 g/mol. The van der Waals surface area contributed by atoms with Crippen molar-refractivity contribution in [2.75, 3.05) is 18.8 Å². The maximum atomic E-state index is 12.5. The van der Waals surface area contributed by atoms with E-state index in [1.165, 1.54) is 19.3 Å². The highest BCUT2D eigenvalue weighted by Gasteiger charge is 2.36. The van der Waals surface area contributed by atoms with Gasteiger partial charge in [0, 0.05) is 12.6 Å². The Balaban J connectivity index is 2.01. The van der Waals surface area contributed by atoms with Gasteiger partial charge in [-0.3, -0.25) is 4.79 Å². The van der Waals surface area contributed by atoms with Crippen LogP contribution >= 0.6 is 11.8 Å². The quantitative estimate of drug-likeness (QED) is 0.835. The van der Waals surface area contributed by atoms with Crippen LogP contribution in [0.1, 0.15) is 39.0 Å². The molecule has 1 saturated heterocycles. The van der Waals surface area contributed by atoms with Crippen molar-refractivity contribution >= 4 is 17.7 Å². The van der Waals surface area contributed by atoms with Gasteiger partial charge in [-0.15, -0.1) is 11.8 Å². The number of carbonyl (C=O) groups excluding carboxylic acids is 1. The largest absolute Gasteiger partial charge is 0.339 e. The molecule has 0 bridgehead atoms. The van der Waals surface area contributed by atoms with Crippen molar-refractivity contribution in [2.24, 2.45) is 11.7 Å². The van der Waals surface area contributed by atoms with E-state index in [0.717, 1.165) is 31.7 Å². The maximum absolute atomic E-state index is 12.5. The molecule has 98 valence electrons. The zero-order valence-corrected chi connectivity index (χ0v) is 11.5. The number of nitrogens with zero attached hydrogens (tertiary/aromatic N) is 1. The van der Waals surface area contributed by atoms with Crippen molar-refractivity contribution in [1.82, 2.24) is 4.90 Å². The maximum Gasteiger partial charge on any atom is 0.235 e. The third kappa shape index (κ3) is 2.79. The summed E-state index contributed by atoms with van der Waals surface area (Å²) >= 11 is 1.84. The topological polar surface area (TPSA) is 46.3 Å². The SMILES string of the molecule is CCN(C(=O)C1CCCS1)C1CCCC1CN. The summed E-state index contributed by atoms with van der Waals surface area (Å²) in [5, 5.41) is 0.231. The molecule has 1 heterocycles. The van der Waals surface area contributed by atoms with Crippen LogP contribution in [0.5, 0.6) is 0 Å². The summed E-state index contributed by atoms with van der Waals surface area (Å²) < 4.78 is 0. The fraction of sp³-hybridized carbons (Fsp3) is 0.923. The zero-order valence-electron chi connectivity index (χ0n) is 10.7. The molecule has 1 aliphatic heterocycles. The molecule has 0 radical (unpaired) electrons. The molecule has 3 unspecified atom stereocenters. The van der Waals surface area contributed by atoms with Crippen LogP contribution in [0, 0.1) is 5.92 Å². The van der Waals surface area contributed by atoms with Crippen LogP contribution in [0.15, 0.2) is 0 Å². The third-order valence-electron chi connectivity index (χ3n) is 4.15. The normalized spacial score (nSPS) is 32.9. The molecule has 0 aromatic heterocycles. The Kier molecular flexibility index (Phi) is 4.74. The summed E-state index contributed by atoms with van der Waals surface area (Å²) in [5.74, 6) is 2.06. The minimum absolute atomic E-state index is 0.231. The lowest BCUT2D eigenvalue weighted by atomic mass is 10.0. The van der Waals surface area contributed by atoms with Gasteiger partial charge in [0.05, 0.1) is 5.25 Å². The molecule has 1 saturated carbocycles. The van der Waals surface area contributed by atoms with Crippen molar-refractivity contribution in [3.63, 3.8) is 0 Å². The highest BCUT2D eigenvalue weighted by molar-refractivity contribution is 8.00. The molecular weight excluding hydrogens is 232 g/mol. The number of amides is 1. The van der Waals surface area contributed by atoms with E-state index in [2.05, 4.69) is 11.8 Å². The Morgan fingerprint density at radius 3 is 2.76 bits per heavy atom. The lowest BCUT2D eigenvalue weighted by molar-refractivity contribution is -0.133. The summed E-state index contributed by atoms with van der Waals surface area (Å²) in [6.45, 7) is 3.67. The van der Waals surface area contributed by atoms with E-state index in [9.17, 15) is 4.79 Å². The van der Waals surface area contributed by atoms with Gasteiger partial charge in [-0.2, -0.15) is 0 Å². The first-order valence-electron chi connectivity index (χ1n) is 6.90. The Hall–Kier alpha value is -0.220. The number of hydrogen-bond donors (Lipinski definition) is 1. The van der Waals surface area contributed by atoms with Crippen LogP contribution in [0.2, 0.25) is 0 Å². The van der Waals surface area contributed by atoms with Crippen LogP contribution in [-0.2, 0) is 4.79 Å². The van der Waals surface area contributed by atoms with E-state index in [1.54, 1.807) is 0 Å². The summed E-state index contributed by atoms with van der Waals surface area (Å²) in [6, 6.07) is 0.415. The van der Waals surface area contributed by atoms with Gasteiger partial charge in [0.15, 0.2) is 0 Å². The van der Waals surface area contributed by atoms with Crippen LogP contribution < -0.4 is 5.73 Å². The summed E-state index contributed by atoms with van der Waals surface area (Å²) in [4.78, 5) is 14.6. The standard InChI is InChI=1S/C13H24N2OS/c1-2-15(11-6-3-5-10(11)9-14)13(16)12-7-4-8-17-12/h10-12H,2-9,14H2,1H3. The molecule has 2 aliphatic rings. The molecule has 0 aromatic rings. The number of carbonyl (C=O) groups is 1. The molecule has 0 aromatic carbocycles. The van der Waals surface area contributed by atoms with E-state index in [-0.39, 0.29) is 5.25 Å². The Morgan fingerprint density at radius 1 is 1.35 bits per heavy atom. The Labute approximate surface area is 108 Å². The predicted molar refractivity (Wildman–Crippen MR) is 73.1 cm³/mol.